The van der Waals surface area contributed by atoms with Gasteiger partial charge < -0.3 is 5.32 Å². The molecule has 0 unspecified atom stereocenters. The molecule has 1 N–H and O–H groups in total. The monoisotopic (exact) mass is 368 g/mol. The first-order chi connectivity index (χ1) is 9.66. The molecule has 2 rings (SSSR count). The van der Waals surface area contributed by atoms with E-state index in [4.69, 9.17) is 0 Å². The maximum absolute atomic E-state index is 12.5. The lowest BCUT2D eigenvalue weighted by molar-refractivity contribution is -0.182. The van der Waals surface area contributed by atoms with Crippen molar-refractivity contribution in [3.8, 4) is 0 Å². The number of halogens is 7. The Morgan fingerprint density at radius 3 is 2.14 bits per heavy atom. The number of nitrogens with zero attached hydrogens (tertiary/aromatic N) is 1. The lowest BCUT2D eigenvalue weighted by atomic mass is 9.85. The van der Waals surface area contributed by atoms with Gasteiger partial charge >= 0.3 is 12.4 Å². The molecule has 0 spiro atoms. The Labute approximate surface area is 133 Å². The van der Waals surface area contributed by atoms with Crippen LogP contribution in [0.2, 0.25) is 0 Å². The summed E-state index contributed by atoms with van der Waals surface area (Å²) in [4.78, 5) is 3.47. The predicted molar refractivity (Wildman–Crippen MR) is 73.0 cm³/mol. The summed E-state index contributed by atoms with van der Waals surface area (Å²) in [6.45, 7) is 0.147. The second kappa shape index (κ2) is 7.35. The molecule has 1 aliphatic rings. The van der Waals surface area contributed by atoms with Gasteiger partial charge in [-0.25, -0.2) is 4.98 Å². The third kappa shape index (κ3) is 5.27. The lowest BCUT2D eigenvalue weighted by Gasteiger charge is -2.30. The van der Waals surface area contributed by atoms with Crippen molar-refractivity contribution in [2.24, 2.45) is 5.92 Å². The van der Waals surface area contributed by atoms with Crippen LogP contribution < -0.4 is 5.32 Å². The summed E-state index contributed by atoms with van der Waals surface area (Å²) in [6, 6.07) is -0.0976. The minimum absolute atomic E-state index is 0. The first kappa shape index (κ1) is 19.5. The maximum atomic E-state index is 12.5. The van der Waals surface area contributed by atoms with Gasteiger partial charge in [0.2, 0.25) is 0 Å². The van der Waals surface area contributed by atoms with E-state index in [1.54, 1.807) is 0 Å². The van der Waals surface area contributed by atoms with Crippen LogP contribution in [0, 0.1) is 5.92 Å². The number of thiazole rings is 1. The number of hydrogen-bond donors (Lipinski definition) is 1. The van der Waals surface area contributed by atoms with Crippen LogP contribution in [-0.4, -0.2) is 17.2 Å². The molecule has 1 aromatic rings. The molecule has 0 bridgehead atoms. The number of aromatic nitrogens is 1. The highest BCUT2D eigenvalue weighted by molar-refractivity contribution is 7.09. The van der Waals surface area contributed by atoms with E-state index < -0.39 is 23.3 Å². The molecule has 10 heteroatoms. The Hall–Kier alpha value is -0.540. The van der Waals surface area contributed by atoms with Gasteiger partial charge in [-0.2, -0.15) is 26.3 Å². The highest BCUT2D eigenvalue weighted by Gasteiger charge is 2.41. The van der Waals surface area contributed by atoms with Crippen LogP contribution in [0.15, 0.2) is 5.38 Å². The van der Waals surface area contributed by atoms with Gasteiger partial charge in [0.05, 0.1) is 11.6 Å². The molecule has 0 amide bonds. The van der Waals surface area contributed by atoms with Crippen LogP contribution in [0.1, 0.15) is 36.4 Å². The van der Waals surface area contributed by atoms with E-state index in [9.17, 15) is 26.3 Å². The highest BCUT2D eigenvalue weighted by atomic mass is 35.5. The van der Waals surface area contributed by atoms with Crippen LogP contribution in [0.4, 0.5) is 26.3 Å². The van der Waals surface area contributed by atoms with E-state index in [1.807, 2.05) is 0 Å². The Morgan fingerprint density at radius 2 is 1.68 bits per heavy atom. The van der Waals surface area contributed by atoms with E-state index in [0.717, 1.165) is 0 Å². The largest absolute Gasteiger partial charge is 0.443 e. The van der Waals surface area contributed by atoms with Gasteiger partial charge in [0, 0.05) is 18.0 Å². The zero-order valence-corrected chi connectivity index (χ0v) is 12.9. The van der Waals surface area contributed by atoms with Gasteiger partial charge in [-0.3, -0.25) is 0 Å². The number of alkyl halides is 6. The Balaban J connectivity index is 0.00000242. The van der Waals surface area contributed by atoms with Crippen LogP contribution in [0.5, 0.6) is 0 Å². The molecule has 1 heterocycles. The van der Waals surface area contributed by atoms with Gasteiger partial charge in [-0.15, -0.1) is 23.7 Å². The second-order valence-corrected chi connectivity index (χ2v) is 5.97. The minimum atomic E-state index is -4.45. The van der Waals surface area contributed by atoms with Crippen molar-refractivity contribution in [1.29, 1.82) is 0 Å². The molecule has 1 aliphatic carbocycles. The van der Waals surface area contributed by atoms with Crippen molar-refractivity contribution in [3.05, 3.63) is 16.1 Å². The topological polar surface area (TPSA) is 24.9 Å². The van der Waals surface area contributed by atoms with Crippen LogP contribution in [0.3, 0.4) is 0 Å². The van der Waals surface area contributed by atoms with E-state index in [0.29, 0.717) is 24.2 Å². The van der Waals surface area contributed by atoms with Crippen molar-refractivity contribution in [2.75, 3.05) is 0 Å². The summed E-state index contributed by atoms with van der Waals surface area (Å²) < 4.78 is 74.6. The van der Waals surface area contributed by atoms with E-state index in [2.05, 4.69) is 10.3 Å². The summed E-state index contributed by atoms with van der Waals surface area (Å²) in [7, 11) is 0. The molecular weight excluding hydrogens is 354 g/mol. The fourth-order valence-corrected chi connectivity index (χ4v) is 3.08. The first-order valence-corrected chi connectivity index (χ1v) is 7.36. The SMILES string of the molecule is Cl.FC(F)(F)c1nc(CN[C@H]2CC[C@H](C(F)(F)F)CC2)cs1. The van der Waals surface area contributed by atoms with Crippen molar-refractivity contribution in [3.63, 3.8) is 0 Å². The molecule has 1 saturated carbocycles. The van der Waals surface area contributed by atoms with Crippen molar-refractivity contribution in [1.82, 2.24) is 10.3 Å². The van der Waals surface area contributed by atoms with Gasteiger partial charge in [-0.05, 0) is 25.7 Å². The summed E-state index contributed by atoms with van der Waals surface area (Å²) in [6.07, 6.45) is -7.73. The zero-order chi connectivity index (χ0) is 15.7. The lowest BCUT2D eigenvalue weighted by Crippen LogP contribution is -2.36. The highest BCUT2D eigenvalue weighted by Crippen LogP contribution is 2.37. The van der Waals surface area contributed by atoms with Crippen LogP contribution in [-0.2, 0) is 12.7 Å². The second-order valence-electron chi connectivity index (χ2n) is 5.11. The summed E-state index contributed by atoms with van der Waals surface area (Å²) in [5.74, 6) is -1.26. The van der Waals surface area contributed by atoms with E-state index in [1.165, 1.54) is 5.38 Å². The molecule has 0 aromatic carbocycles. The van der Waals surface area contributed by atoms with Crippen molar-refractivity contribution in [2.45, 2.75) is 50.6 Å². The van der Waals surface area contributed by atoms with Gasteiger partial charge in [0.15, 0.2) is 5.01 Å². The summed E-state index contributed by atoms with van der Waals surface area (Å²) in [5, 5.41) is 3.40. The third-order valence-corrected chi connectivity index (χ3v) is 4.49. The smallest absolute Gasteiger partial charge is 0.308 e. The Kier molecular flexibility index (Phi) is 6.52. The van der Waals surface area contributed by atoms with Crippen LogP contribution in [0.25, 0.3) is 0 Å². The fourth-order valence-electron chi connectivity index (χ4n) is 2.39. The Morgan fingerprint density at radius 1 is 1.09 bits per heavy atom. The molecule has 1 fully saturated rings. The number of rotatable bonds is 3. The van der Waals surface area contributed by atoms with Crippen molar-refractivity contribution < 1.29 is 26.3 Å². The quantitative estimate of drug-likeness (QED) is 0.776. The average Bonchev–Trinajstić information content (AvgIpc) is 2.84. The number of hydrogen-bond acceptors (Lipinski definition) is 3. The van der Waals surface area contributed by atoms with E-state index in [-0.39, 0.29) is 43.5 Å². The zero-order valence-electron chi connectivity index (χ0n) is 11.3. The molecule has 0 radical (unpaired) electrons. The van der Waals surface area contributed by atoms with Gasteiger partial charge in [-0.1, -0.05) is 0 Å². The van der Waals surface area contributed by atoms with Crippen molar-refractivity contribution >= 4 is 23.7 Å². The first-order valence-electron chi connectivity index (χ1n) is 6.48. The summed E-state index contributed by atoms with van der Waals surface area (Å²) in [5.41, 5.74) is 0.269. The molecular formula is C12H15ClF6N2S. The Bertz CT molecular complexity index is 465. The molecule has 2 nitrogen and oxygen atoms in total. The van der Waals surface area contributed by atoms with Crippen LogP contribution >= 0.6 is 23.7 Å². The fraction of sp³-hybridized carbons (Fsp3) is 0.750. The minimum Gasteiger partial charge on any atom is -0.308 e. The molecule has 1 aromatic heterocycles. The molecule has 0 aliphatic heterocycles. The van der Waals surface area contributed by atoms with E-state index >= 15 is 0 Å². The molecule has 0 atom stereocenters. The normalized spacial score (nSPS) is 23.2. The summed E-state index contributed by atoms with van der Waals surface area (Å²) >= 11 is 0.522. The standard InChI is InChI=1S/C12H14F6N2S.ClH/c13-11(14,15)7-1-3-8(4-2-7)19-5-9-6-21-10(20-9)12(16,17)18;/h6-8,19H,1-5H2;1H/t7-,8-;. The average molecular weight is 369 g/mol. The predicted octanol–water partition coefficient (Wildman–Crippen LogP) is 4.79. The maximum Gasteiger partial charge on any atom is 0.443 e. The molecule has 22 heavy (non-hydrogen) atoms. The van der Waals surface area contributed by atoms with Gasteiger partial charge in [0.25, 0.3) is 0 Å². The third-order valence-electron chi connectivity index (χ3n) is 3.56. The van der Waals surface area contributed by atoms with Gasteiger partial charge in [0.1, 0.15) is 0 Å². The molecule has 128 valence electrons. The number of nitrogens with one attached hydrogen (secondary N) is 1. The molecule has 0 saturated heterocycles.